The maximum Gasteiger partial charge on any atom is 0.0605 e. The molecule has 3 rings (SSSR count). The minimum atomic E-state index is 0.355. The Morgan fingerprint density at radius 2 is 2.05 bits per heavy atom. The van der Waals surface area contributed by atoms with Gasteiger partial charge in [0, 0.05) is 12.2 Å². The molecule has 0 spiro atoms. The third-order valence-corrected chi connectivity index (χ3v) is 4.53. The van der Waals surface area contributed by atoms with Crippen LogP contribution in [0.1, 0.15) is 61.2 Å². The van der Waals surface area contributed by atoms with E-state index in [-0.39, 0.29) is 0 Å². The lowest BCUT2D eigenvalue weighted by Gasteiger charge is -2.28. The summed E-state index contributed by atoms with van der Waals surface area (Å²) in [6.07, 6.45) is 6.61. The van der Waals surface area contributed by atoms with Crippen molar-refractivity contribution in [1.29, 1.82) is 0 Å². The summed E-state index contributed by atoms with van der Waals surface area (Å²) in [4.78, 5) is 4.61. The standard InChI is InChI=1S/C19H24N2/c1-3-15-9-11-16(12-10-15)14(2)21-18-8-4-6-17-7-5-13-20-19(17)18/h5,7,9-14,18,21H,3-4,6,8H2,1-2H3. The van der Waals surface area contributed by atoms with Gasteiger partial charge < -0.3 is 5.32 Å². The number of pyridine rings is 1. The van der Waals surface area contributed by atoms with Gasteiger partial charge in [0.25, 0.3) is 0 Å². The van der Waals surface area contributed by atoms with E-state index in [9.17, 15) is 0 Å². The molecular formula is C19H24N2. The van der Waals surface area contributed by atoms with Crippen LogP contribution in [0.2, 0.25) is 0 Å². The first-order valence-corrected chi connectivity index (χ1v) is 8.06. The Kier molecular flexibility index (Phi) is 4.35. The topological polar surface area (TPSA) is 24.9 Å². The van der Waals surface area contributed by atoms with Gasteiger partial charge in [-0.15, -0.1) is 0 Å². The maximum absolute atomic E-state index is 4.61. The average molecular weight is 280 g/mol. The summed E-state index contributed by atoms with van der Waals surface area (Å²) < 4.78 is 0. The Balaban J connectivity index is 1.74. The van der Waals surface area contributed by atoms with Crippen LogP contribution >= 0.6 is 0 Å². The number of nitrogens with zero attached hydrogens (tertiary/aromatic N) is 1. The Hall–Kier alpha value is -1.67. The molecule has 21 heavy (non-hydrogen) atoms. The predicted octanol–water partition coefficient (Wildman–Crippen LogP) is 4.37. The zero-order chi connectivity index (χ0) is 14.7. The molecule has 0 bridgehead atoms. The molecule has 0 saturated carbocycles. The monoisotopic (exact) mass is 280 g/mol. The van der Waals surface area contributed by atoms with Gasteiger partial charge in [-0.05, 0) is 55.4 Å². The lowest BCUT2D eigenvalue weighted by atomic mass is 9.91. The molecule has 1 aromatic heterocycles. The van der Waals surface area contributed by atoms with Gasteiger partial charge in [0.05, 0.1) is 11.7 Å². The highest BCUT2D eigenvalue weighted by molar-refractivity contribution is 5.28. The van der Waals surface area contributed by atoms with Crippen molar-refractivity contribution in [3.63, 3.8) is 0 Å². The molecule has 1 heterocycles. The van der Waals surface area contributed by atoms with Gasteiger partial charge in [0.1, 0.15) is 0 Å². The van der Waals surface area contributed by atoms with Crippen LogP contribution in [0.4, 0.5) is 0 Å². The van der Waals surface area contributed by atoms with E-state index in [1.165, 1.54) is 41.6 Å². The highest BCUT2D eigenvalue weighted by Crippen LogP contribution is 2.30. The lowest BCUT2D eigenvalue weighted by molar-refractivity contribution is 0.406. The molecule has 2 nitrogen and oxygen atoms in total. The van der Waals surface area contributed by atoms with Crippen LogP contribution < -0.4 is 5.32 Å². The first kappa shape index (κ1) is 14.3. The minimum absolute atomic E-state index is 0.355. The fourth-order valence-corrected chi connectivity index (χ4v) is 3.21. The molecule has 0 amide bonds. The van der Waals surface area contributed by atoms with Crippen LogP contribution in [-0.4, -0.2) is 4.98 Å². The Bertz CT molecular complexity index is 589. The molecule has 1 aliphatic carbocycles. The van der Waals surface area contributed by atoms with E-state index in [0.717, 1.165) is 6.42 Å². The zero-order valence-electron chi connectivity index (χ0n) is 13.0. The van der Waals surface area contributed by atoms with Gasteiger partial charge >= 0.3 is 0 Å². The molecular weight excluding hydrogens is 256 g/mol. The molecule has 0 aliphatic heterocycles. The number of hydrogen-bond acceptors (Lipinski definition) is 2. The van der Waals surface area contributed by atoms with E-state index in [0.29, 0.717) is 12.1 Å². The molecule has 1 aromatic carbocycles. The van der Waals surface area contributed by atoms with Crippen molar-refractivity contribution < 1.29 is 0 Å². The molecule has 2 heteroatoms. The molecule has 110 valence electrons. The summed E-state index contributed by atoms with van der Waals surface area (Å²) in [5, 5.41) is 3.77. The molecule has 2 atom stereocenters. The normalized spacial score (nSPS) is 19.0. The first-order valence-electron chi connectivity index (χ1n) is 8.06. The number of nitrogens with one attached hydrogen (secondary N) is 1. The number of benzene rings is 1. The van der Waals surface area contributed by atoms with E-state index in [1.807, 2.05) is 12.3 Å². The van der Waals surface area contributed by atoms with Crippen LogP contribution in [-0.2, 0) is 12.8 Å². The SMILES string of the molecule is CCc1ccc(C(C)NC2CCCc3cccnc32)cc1. The van der Waals surface area contributed by atoms with Crippen LogP contribution in [0.5, 0.6) is 0 Å². The van der Waals surface area contributed by atoms with Gasteiger partial charge in [-0.1, -0.05) is 37.3 Å². The van der Waals surface area contributed by atoms with Crippen molar-refractivity contribution in [3.8, 4) is 0 Å². The number of hydrogen-bond donors (Lipinski definition) is 1. The summed E-state index contributed by atoms with van der Waals surface area (Å²) in [6.45, 7) is 4.44. The number of rotatable bonds is 4. The largest absolute Gasteiger partial charge is 0.302 e. The van der Waals surface area contributed by atoms with Gasteiger partial charge in [-0.3, -0.25) is 4.98 Å². The number of fused-ring (bicyclic) bond motifs is 1. The van der Waals surface area contributed by atoms with Gasteiger partial charge in [-0.2, -0.15) is 0 Å². The van der Waals surface area contributed by atoms with Crippen LogP contribution in [0.25, 0.3) is 0 Å². The van der Waals surface area contributed by atoms with Crippen molar-refractivity contribution in [3.05, 3.63) is 65.0 Å². The Labute approximate surface area is 127 Å². The molecule has 0 radical (unpaired) electrons. The molecule has 2 unspecified atom stereocenters. The lowest BCUT2D eigenvalue weighted by Crippen LogP contribution is -2.28. The highest BCUT2D eigenvalue weighted by Gasteiger charge is 2.22. The summed E-state index contributed by atoms with van der Waals surface area (Å²) in [7, 11) is 0. The number of aryl methyl sites for hydroxylation is 2. The second-order valence-electron chi connectivity index (χ2n) is 5.98. The van der Waals surface area contributed by atoms with Crippen molar-refractivity contribution in [1.82, 2.24) is 10.3 Å². The first-order chi connectivity index (χ1) is 10.3. The minimum Gasteiger partial charge on any atom is -0.302 e. The van der Waals surface area contributed by atoms with Crippen molar-refractivity contribution in [2.75, 3.05) is 0 Å². The quantitative estimate of drug-likeness (QED) is 0.899. The zero-order valence-corrected chi connectivity index (χ0v) is 13.0. The average Bonchev–Trinajstić information content (AvgIpc) is 2.55. The molecule has 2 aromatic rings. The van der Waals surface area contributed by atoms with Crippen LogP contribution in [0.15, 0.2) is 42.6 Å². The van der Waals surface area contributed by atoms with Crippen molar-refractivity contribution in [2.45, 2.75) is 51.6 Å². The van der Waals surface area contributed by atoms with Gasteiger partial charge in [-0.25, -0.2) is 0 Å². The summed E-state index contributed by atoms with van der Waals surface area (Å²) in [5.41, 5.74) is 5.42. The summed E-state index contributed by atoms with van der Waals surface area (Å²) >= 11 is 0. The molecule has 1 N–H and O–H groups in total. The maximum atomic E-state index is 4.61. The fourth-order valence-electron chi connectivity index (χ4n) is 3.21. The van der Waals surface area contributed by atoms with E-state index in [2.05, 4.69) is 54.5 Å². The molecule has 0 fully saturated rings. The Morgan fingerprint density at radius 1 is 1.24 bits per heavy atom. The Morgan fingerprint density at radius 3 is 2.81 bits per heavy atom. The van der Waals surface area contributed by atoms with E-state index in [4.69, 9.17) is 0 Å². The smallest absolute Gasteiger partial charge is 0.0605 e. The van der Waals surface area contributed by atoms with Crippen LogP contribution in [0.3, 0.4) is 0 Å². The predicted molar refractivity (Wildman–Crippen MR) is 87.3 cm³/mol. The van der Waals surface area contributed by atoms with Crippen LogP contribution in [0, 0.1) is 0 Å². The van der Waals surface area contributed by atoms with Crippen molar-refractivity contribution >= 4 is 0 Å². The van der Waals surface area contributed by atoms with Crippen molar-refractivity contribution in [2.24, 2.45) is 0 Å². The third kappa shape index (κ3) is 3.16. The van der Waals surface area contributed by atoms with Gasteiger partial charge in [0.15, 0.2) is 0 Å². The summed E-state index contributed by atoms with van der Waals surface area (Å²) in [6, 6.07) is 14.0. The fraction of sp³-hybridized carbons (Fsp3) is 0.421. The van der Waals surface area contributed by atoms with E-state index < -0.39 is 0 Å². The second kappa shape index (κ2) is 6.40. The molecule has 1 aliphatic rings. The number of aromatic nitrogens is 1. The molecule has 0 saturated heterocycles. The highest BCUT2D eigenvalue weighted by atomic mass is 15.0. The van der Waals surface area contributed by atoms with E-state index in [1.54, 1.807) is 0 Å². The second-order valence-corrected chi connectivity index (χ2v) is 5.98. The van der Waals surface area contributed by atoms with Gasteiger partial charge in [0.2, 0.25) is 0 Å². The summed E-state index contributed by atoms with van der Waals surface area (Å²) in [5.74, 6) is 0. The third-order valence-electron chi connectivity index (χ3n) is 4.53. The van der Waals surface area contributed by atoms with E-state index >= 15 is 0 Å².